The number of hydrogen-bond acceptors (Lipinski definition) is 3. The first-order valence-electron chi connectivity index (χ1n) is 6.09. The van der Waals surface area contributed by atoms with E-state index in [4.69, 9.17) is 0 Å². The molecule has 0 aliphatic carbocycles. The number of thiophene rings is 1. The summed E-state index contributed by atoms with van der Waals surface area (Å²) in [5.41, 5.74) is 1.22. The third-order valence-corrected chi connectivity index (χ3v) is 4.36. The first kappa shape index (κ1) is 12.6. The fourth-order valence-corrected chi connectivity index (χ4v) is 3.33. The molecule has 1 fully saturated rings. The highest BCUT2D eigenvalue weighted by molar-refractivity contribution is 7.14. The number of amides is 1. The number of aryl methyl sites for hydroxylation is 2. The maximum Gasteiger partial charge on any atom is 0.264 e. The fourth-order valence-electron chi connectivity index (χ4n) is 2.33. The molecule has 2 atom stereocenters. The van der Waals surface area contributed by atoms with Crippen LogP contribution in [-0.4, -0.2) is 36.0 Å². The van der Waals surface area contributed by atoms with Crippen molar-refractivity contribution in [3.8, 4) is 0 Å². The Morgan fingerprint density at radius 3 is 2.41 bits per heavy atom. The normalized spacial score (nSPS) is 25.1. The van der Waals surface area contributed by atoms with Crippen LogP contribution in [0.2, 0.25) is 0 Å². The van der Waals surface area contributed by atoms with E-state index in [1.807, 2.05) is 11.0 Å². The average Bonchev–Trinajstić information content (AvgIpc) is 2.57. The molecule has 17 heavy (non-hydrogen) atoms. The number of rotatable bonds is 1. The molecular weight excluding hydrogens is 232 g/mol. The summed E-state index contributed by atoms with van der Waals surface area (Å²) < 4.78 is 0. The predicted octanol–water partition coefficient (Wildman–Crippen LogP) is 2.19. The highest BCUT2D eigenvalue weighted by Gasteiger charge is 2.26. The zero-order valence-corrected chi connectivity index (χ0v) is 11.7. The Balaban J connectivity index is 2.14. The Morgan fingerprint density at radius 1 is 1.35 bits per heavy atom. The van der Waals surface area contributed by atoms with Gasteiger partial charge in [-0.25, -0.2) is 0 Å². The summed E-state index contributed by atoms with van der Waals surface area (Å²) in [7, 11) is 0. The molecule has 1 saturated heterocycles. The molecule has 1 aromatic heterocycles. The highest BCUT2D eigenvalue weighted by atomic mass is 32.1. The van der Waals surface area contributed by atoms with Crippen LogP contribution < -0.4 is 5.32 Å². The topological polar surface area (TPSA) is 32.3 Å². The van der Waals surface area contributed by atoms with Gasteiger partial charge in [-0.05, 0) is 39.3 Å². The van der Waals surface area contributed by atoms with Crippen molar-refractivity contribution >= 4 is 17.2 Å². The zero-order chi connectivity index (χ0) is 12.6. The molecule has 0 aromatic carbocycles. The van der Waals surface area contributed by atoms with E-state index >= 15 is 0 Å². The first-order chi connectivity index (χ1) is 7.97. The lowest BCUT2D eigenvalue weighted by molar-refractivity contribution is 0.0678. The number of hydrogen-bond donors (Lipinski definition) is 1. The molecule has 1 N–H and O–H groups in total. The van der Waals surface area contributed by atoms with Gasteiger partial charge in [-0.15, -0.1) is 11.3 Å². The molecule has 0 spiro atoms. The van der Waals surface area contributed by atoms with Crippen molar-refractivity contribution in [1.29, 1.82) is 0 Å². The van der Waals surface area contributed by atoms with Crippen molar-refractivity contribution < 1.29 is 4.79 Å². The van der Waals surface area contributed by atoms with E-state index in [-0.39, 0.29) is 5.91 Å². The number of carbonyl (C=O) groups excluding carboxylic acids is 1. The Hall–Kier alpha value is -0.870. The minimum absolute atomic E-state index is 0.186. The van der Waals surface area contributed by atoms with E-state index in [1.54, 1.807) is 11.3 Å². The molecule has 0 saturated carbocycles. The average molecular weight is 252 g/mol. The van der Waals surface area contributed by atoms with Crippen molar-refractivity contribution in [2.24, 2.45) is 0 Å². The highest BCUT2D eigenvalue weighted by Crippen LogP contribution is 2.22. The quantitative estimate of drug-likeness (QED) is 0.831. The Labute approximate surface area is 107 Å². The molecule has 1 aromatic rings. The maximum atomic E-state index is 12.4. The number of nitrogens with zero attached hydrogens (tertiary/aromatic N) is 1. The SMILES string of the molecule is Cc1cc(C(=O)N2C[C@@H](C)N[C@@H](C)C2)sc1C. The molecule has 4 heteroatoms. The lowest BCUT2D eigenvalue weighted by Crippen LogP contribution is -2.55. The van der Waals surface area contributed by atoms with Gasteiger partial charge in [0.05, 0.1) is 4.88 Å². The number of nitrogens with one attached hydrogen (secondary N) is 1. The lowest BCUT2D eigenvalue weighted by atomic mass is 10.1. The molecule has 94 valence electrons. The zero-order valence-electron chi connectivity index (χ0n) is 10.9. The van der Waals surface area contributed by atoms with E-state index < -0.39 is 0 Å². The molecule has 1 aliphatic rings. The Morgan fingerprint density at radius 2 is 1.94 bits per heavy atom. The molecule has 3 nitrogen and oxygen atoms in total. The van der Waals surface area contributed by atoms with Gasteiger partial charge in [0.15, 0.2) is 0 Å². The van der Waals surface area contributed by atoms with E-state index in [2.05, 4.69) is 33.0 Å². The van der Waals surface area contributed by atoms with Gasteiger partial charge in [-0.1, -0.05) is 0 Å². The van der Waals surface area contributed by atoms with Gasteiger partial charge in [0.2, 0.25) is 0 Å². The lowest BCUT2D eigenvalue weighted by Gasteiger charge is -2.35. The van der Waals surface area contributed by atoms with Gasteiger partial charge in [-0.3, -0.25) is 4.79 Å². The molecular formula is C13H20N2OS. The summed E-state index contributed by atoms with van der Waals surface area (Å²) in [6, 6.07) is 2.77. The second kappa shape index (κ2) is 4.78. The summed E-state index contributed by atoms with van der Waals surface area (Å²) >= 11 is 1.61. The monoisotopic (exact) mass is 252 g/mol. The van der Waals surface area contributed by atoms with Crippen LogP contribution in [0.4, 0.5) is 0 Å². The molecule has 1 aliphatic heterocycles. The largest absolute Gasteiger partial charge is 0.335 e. The summed E-state index contributed by atoms with van der Waals surface area (Å²) in [5, 5.41) is 3.44. The summed E-state index contributed by atoms with van der Waals surface area (Å²) in [6.07, 6.45) is 0. The van der Waals surface area contributed by atoms with E-state index in [9.17, 15) is 4.79 Å². The fraction of sp³-hybridized carbons (Fsp3) is 0.615. The minimum atomic E-state index is 0.186. The molecule has 2 heterocycles. The van der Waals surface area contributed by atoms with Crippen LogP contribution in [0.1, 0.15) is 34.0 Å². The van der Waals surface area contributed by atoms with Crippen molar-refractivity contribution in [2.75, 3.05) is 13.1 Å². The Bertz CT molecular complexity index is 398. The van der Waals surface area contributed by atoms with Gasteiger partial charge in [0, 0.05) is 30.1 Å². The summed E-state index contributed by atoms with van der Waals surface area (Å²) in [6.45, 7) is 9.99. The number of piperazine rings is 1. The number of carbonyl (C=O) groups is 1. The third-order valence-electron chi connectivity index (χ3n) is 3.22. The van der Waals surface area contributed by atoms with E-state index in [1.165, 1.54) is 10.4 Å². The first-order valence-corrected chi connectivity index (χ1v) is 6.91. The van der Waals surface area contributed by atoms with Crippen molar-refractivity contribution in [3.63, 3.8) is 0 Å². The van der Waals surface area contributed by atoms with E-state index in [0.29, 0.717) is 12.1 Å². The molecule has 1 amide bonds. The van der Waals surface area contributed by atoms with Crippen LogP contribution in [-0.2, 0) is 0 Å². The molecule has 0 unspecified atom stereocenters. The van der Waals surface area contributed by atoms with Crippen molar-refractivity contribution in [1.82, 2.24) is 10.2 Å². The second-order valence-corrected chi connectivity index (χ2v) is 6.29. The molecule has 0 bridgehead atoms. The van der Waals surface area contributed by atoms with Gasteiger partial charge < -0.3 is 10.2 Å². The maximum absolute atomic E-state index is 12.4. The van der Waals surface area contributed by atoms with Gasteiger partial charge in [0.1, 0.15) is 0 Å². The Kier molecular flexibility index (Phi) is 3.54. The smallest absolute Gasteiger partial charge is 0.264 e. The second-order valence-electron chi connectivity index (χ2n) is 5.03. The van der Waals surface area contributed by atoms with Crippen LogP contribution in [0.5, 0.6) is 0 Å². The van der Waals surface area contributed by atoms with Crippen LogP contribution in [0, 0.1) is 13.8 Å². The predicted molar refractivity (Wildman–Crippen MR) is 71.8 cm³/mol. The van der Waals surface area contributed by atoms with Crippen LogP contribution in [0.3, 0.4) is 0 Å². The third kappa shape index (κ3) is 2.69. The van der Waals surface area contributed by atoms with Crippen LogP contribution in [0.25, 0.3) is 0 Å². The van der Waals surface area contributed by atoms with Gasteiger partial charge in [-0.2, -0.15) is 0 Å². The minimum Gasteiger partial charge on any atom is -0.335 e. The standard InChI is InChI=1S/C13H20N2OS/c1-8-5-12(17-11(8)4)13(16)15-6-9(2)14-10(3)7-15/h5,9-10,14H,6-7H2,1-4H3/t9-,10+. The van der Waals surface area contributed by atoms with E-state index in [0.717, 1.165) is 18.0 Å². The van der Waals surface area contributed by atoms with Gasteiger partial charge in [0.25, 0.3) is 5.91 Å². The molecule has 0 radical (unpaired) electrons. The molecule has 2 rings (SSSR count). The summed E-state index contributed by atoms with van der Waals surface area (Å²) in [4.78, 5) is 16.5. The summed E-state index contributed by atoms with van der Waals surface area (Å²) in [5.74, 6) is 0.186. The van der Waals surface area contributed by atoms with Crippen LogP contribution in [0.15, 0.2) is 6.07 Å². The van der Waals surface area contributed by atoms with Gasteiger partial charge >= 0.3 is 0 Å². The van der Waals surface area contributed by atoms with Crippen LogP contribution >= 0.6 is 11.3 Å². The van der Waals surface area contributed by atoms with Crippen molar-refractivity contribution in [2.45, 2.75) is 39.8 Å². The van der Waals surface area contributed by atoms with Crippen molar-refractivity contribution in [3.05, 3.63) is 21.4 Å².